The van der Waals surface area contributed by atoms with E-state index < -0.39 is 11.7 Å². The van der Waals surface area contributed by atoms with Crippen LogP contribution in [0.4, 0.5) is 13.2 Å². The van der Waals surface area contributed by atoms with E-state index in [4.69, 9.17) is 16.3 Å². The monoisotopic (exact) mass is 451 g/mol. The van der Waals surface area contributed by atoms with Crippen molar-refractivity contribution in [1.82, 2.24) is 15.1 Å². The average molecular weight is 452 g/mol. The van der Waals surface area contributed by atoms with E-state index in [9.17, 15) is 18.0 Å². The smallest absolute Gasteiger partial charge is 0.416 e. The third-order valence-electron chi connectivity index (χ3n) is 4.57. The van der Waals surface area contributed by atoms with Crippen molar-refractivity contribution in [2.75, 3.05) is 0 Å². The van der Waals surface area contributed by atoms with Gasteiger partial charge in [0, 0.05) is 13.6 Å². The Kier molecular flexibility index (Phi) is 6.59. The Bertz CT molecular complexity index is 1060. The van der Waals surface area contributed by atoms with Crippen molar-refractivity contribution in [1.29, 1.82) is 0 Å². The number of rotatable bonds is 6. The van der Waals surface area contributed by atoms with Gasteiger partial charge in [0.25, 0.3) is 5.91 Å². The van der Waals surface area contributed by atoms with Crippen molar-refractivity contribution >= 4 is 17.5 Å². The zero-order chi connectivity index (χ0) is 22.8. The molecule has 0 spiro atoms. The molecule has 9 heteroatoms. The molecule has 0 bridgehead atoms. The van der Waals surface area contributed by atoms with Crippen molar-refractivity contribution in [2.45, 2.75) is 32.5 Å². The molecule has 0 aliphatic heterocycles. The van der Waals surface area contributed by atoms with Gasteiger partial charge in [0.05, 0.1) is 16.3 Å². The highest BCUT2D eigenvalue weighted by Crippen LogP contribution is 2.31. The maximum atomic E-state index is 12.6. The minimum Gasteiger partial charge on any atom is -0.457 e. The van der Waals surface area contributed by atoms with Gasteiger partial charge >= 0.3 is 6.18 Å². The molecule has 0 fully saturated rings. The van der Waals surface area contributed by atoms with E-state index >= 15 is 0 Å². The predicted molar refractivity (Wildman–Crippen MR) is 111 cm³/mol. The lowest BCUT2D eigenvalue weighted by Crippen LogP contribution is -2.25. The first-order valence-corrected chi connectivity index (χ1v) is 9.88. The molecule has 164 valence electrons. The molecule has 1 N–H and O–H groups in total. The largest absolute Gasteiger partial charge is 0.457 e. The Morgan fingerprint density at radius 3 is 2.13 bits per heavy atom. The van der Waals surface area contributed by atoms with E-state index in [1.807, 2.05) is 13.8 Å². The molecule has 2 aromatic carbocycles. The van der Waals surface area contributed by atoms with E-state index in [0.29, 0.717) is 27.9 Å². The Labute approximate surface area is 182 Å². The van der Waals surface area contributed by atoms with Crippen molar-refractivity contribution in [3.05, 3.63) is 76.1 Å². The number of amides is 1. The number of halogens is 4. The Morgan fingerprint density at radius 1 is 1.10 bits per heavy atom. The lowest BCUT2D eigenvalue weighted by molar-refractivity contribution is -0.137. The van der Waals surface area contributed by atoms with Crippen LogP contribution in [0.1, 0.15) is 47.1 Å². The first-order chi connectivity index (χ1) is 14.6. The van der Waals surface area contributed by atoms with Crippen molar-refractivity contribution < 1.29 is 22.7 Å². The van der Waals surface area contributed by atoms with Crippen LogP contribution in [0.15, 0.2) is 48.5 Å². The SMILES string of the molecule is CC(C)c1nn(C)c(C(=O)NCc2ccc(Oc3ccc(C(F)(F)F)cc3)cc2)c1Cl. The van der Waals surface area contributed by atoms with Crippen LogP contribution in [0.2, 0.25) is 5.02 Å². The van der Waals surface area contributed by atoms with Gasteiger partial charge in [0.2, 0.25) is 0 Å². The molecule has 5 nitrogen and oxygen atoms in total. The minimum absolute atomic E-state index is 0.0949. The standard InChI is InChI=1S/C22H21ClF3N3O2/c1-13(2)19-18(23)20(29(3)28-19)21(30)27-12-14-4-8-16(9-5-14)31-17-10-6-15(7-11-17)22(24,25)26/h4-11,13H,12H2,1-3H3,(H,27,30). The molecule has 3 rings (SSSR count). The van der Waals surface area contributed by atoms with Crippen molar-refractivity contribution in [3.8, 4) is 11.5 Å². The molecular weight excluding hydrogens is 431 g/mol. The van der Waals surface area contributed by atoms with E-state index in [-0.39, 0.29) is 18.4 Å². The quantitative estimate of drug-likeness (QED) is 0.504. The second kappa shape index (κ2) is 9.01. The minimum atomic E-state index is -4.39. The molecule has 31 heavy (non-hydrogen) atoms. The van der Waals surface area contributed by atoms with Crippen LogP contribution >= 0.6 is 11.6 Å². The highest BCUT2D eigenvalue weighted by atomic mass is 35.5. The summed E-state index contributed by atoms with van der Waals surface area (Å²) >= 11 is 6.31. The molecule has 0 aliphatic carbocycles. The first kappa shape index (κ1) is 22.7. The van der Waals surface area contributed by atoms with Gasteiger partial charge < -0.3 is 10.1 Å². The summed E-state index contributed by atoms with van der Waals surface area (Å²) in [6.45, 7) is 4.16. The van der Waals surface area contributed by atoms with Crippen LogP contribution in [-0.4, -0.2) is 15.7 Å². The molecule has 0 saturated carbocycles. The highest BCUT2D eigenvalue weighted by Gasteiger charge is 2.30. The Balaban J connectivity index is 1.60. The van der Waals surface area contributed by atoms with Crippen LogP contribution in [0.25, 0.3) is 0 Å². The summed E-state index contributed by atoms with van der Waals surface area (Å²) in [5.41, 5.74) is 1.04. The van der Waals surface area contributed by atoms with E-state index in [0.717, 1.165) is 17.7 Å². The van der Waals surface area contributed by atoms with Gasteiger partial charge in [-0.15, -0.1) is 0 Å². The molecule has 0 atom stereocenters. The summed E-state index contributed by atoms with van der Waals surface area (Å²) in [7, 11) is 1.67. The fourth-order valence-corrected chi connectivity index (χ4v) is 3.39. The number of nitrogens with zero attached hydrogens (tertiary/aromatic N) is 2. The van der Waals surface area contributed by atoms with E-state index in [2.05, 4.69) is 10.4 Å². The summed E-state index contributed by atoms with van der Waals surface area (Å²) < 4.78 is 44.9. The fraction of sp³-hybridized carbons (Fsp3) is 0.273. The van der Waals surface area contributed by atoms with Gasteiger partial charge in [-0.1, -0.05) is 37.6 Å². The predicted octanol–water partition coefficient (Wildman–Crippen LogP) is 5.94. The molecule has 0 radical (unpaired) electrons. The third kappa shape index (κ3) is 5.38. The lowest BCUT2D eigenvalue weighted by Gasteiger charge is -2.10. The average Bonchev–Trinajstić information content (AvgIpc) is 3.01. The van der Waals surface area contributed by atoms with Crippen LogP contribution in [-0.2, 0) is 19.8 Å². The Hall–Kier alpha value is -3.00. The summed E-state index contributed by atoms with van der Waals surface area (Å²) in [5, 5.41) is 7.45. The molecular formula is C22H21ClF3N3O2. The van der Waals surface area contributed by atoms with Gasteiger partial charge in [0.1, 0.15) is 17.2 Å². The molecule has 1 heterocycles. The maximum Gasteiger partial charge on any atom is 0.416 e. The zero-order valence-corrected chi connectivity index (χ0v) is 17.9. The molecule has 1 aromatic heterocycles. The zero-order valence-electron chi connectivity index (χ0n) is 17.1. The normalized spacial score (nSPS) is 11.6. The summed E-state index contributed by atoms with van der Waals surface area (Å²) in [5.74, 6) is 0.515. The van der Waals surface area contributed by atoms with Crippen molar-refractivity contribution in [2.24, 2.45) is 7.05 Å². The molecule has 0 unspecified atom stereocenters. The lowest BCUT2D eigenvalue weighted by atomic mass is 10.1. The summed E-state index contributed by atoms with van der Waals surface area (Å²) in [4.78, 5) is 12.5. The maximum absolute atomic E-state index is 12.6. The van der Waals surface area contributed by atoms with Crippen LogP contribution < -0.4 is 10.1 Å². The number of ether oxygens (including phenoxy) is 1. The van der Waals surface area contributed by atoms with E-state index in [1.165, 1.54) is 16.8 Å². The third-order valence-corrected chi connectivity index (χ3v) is 4.94. The Morgan fingerprint density at radius 2 is 1.65 bits per heavy atom. The van der Waals surface area contributed by atoms with Gasteiger partial charge in [-0.05, 0) is 47.9 Å². The number of carbonyl (C=O) groups is 1. The number of hydrogen-bond donors (Lipinski definition) is 1. The van der Waals surface area contributed by atoms with Crippen molar-refractivity contribution in [3.63, 3.8) is 0 Å². The number of aryl methyl sites for hydroxylation is 1. The van der Waals surface area contributed by atoms with Crippen LogP contribution in [0.3, 0.4) is 0 Å². The second-order valence-electron chi connectivity index (χ2n) is 7.28. The van der Waals surface area contributed by atoms with Gasteiger partial charge in [-0.25, -0.2) is 0 Å². The summed E-state index contributed by atoms with van der Waals surface area (Å²) in [6, 6.07) is 11.3. The highest BCUT2D eigenvalue weighted by molar-refractivity contribution is 6.34. The number of nitrogens with one attached hydrogen (secondary N) is 1. The first-order valence-electron chi connectivity index (χ1n) is 9.51. The number of hydrogen-bond acceptors (Lipinski definition) is 3. The second-order valence-corrected chi connectivity index (χ2v) is 7.65. The van der Waals surface area contributed by atoms with Gasteiger partial charge in [-0.2, -0.15) is 18.3 Å². The molecule has 0 aliphatic rings. The molecule has 1 amide bonds. The number of aromatic nitrogens is 2. The number of carbonyl (C=O) groups excluding carboxylic acids is 1. The van der Waals surface area contributed by atoms with Gasteiger partial charge in [-0.3, -0.25) is 9.48 Å². The summed E-state index contributed by atoms with van der Waals surface area (Å²) in [6.07, 6.45) is -4.39. The van der Waals surface area contributed by atoms with Crippen LogP contribution in [0, 0.1) is 0 Å². The van der Waals surface area contributed by atoms with E-state index in [1.54, 1.807) is 31.3 Å². The molecule has 3 aromatic rings. The molecule has 0 saturated heterocycles. The van der Waals surface area contributed by atoms with Gasteiger partial charge in [0.15, 0.2) is 0 Å². The fourth-order valence-electron chi connectivity index (χ4n) is 2.92. The van der Waals surface area contributed by atoms with Crippen LogP contribution in [0.5, 0.6) is 11.5 Å². The number of benzene rings is 2. The topological polar surface area (TPSA) is 56.2 Å². The number of alkyl halides is 3.